The first-order valence-corrected chi connectivity index (χ1v) is 6.13. The summed E-state index contributed by atoms with van der Waals surface area (Å²) in [6.07, 6.45) is 2.36. The van der Waals surface area contributed by atoms with E-state index in [-0.39, 0.29) is 17.5 Å². The Kier molecular flexibility index (Phi) is 3.59. The summed E-state index contributed by atoms with van der Waals surface area (Å²) in [5.74, 6) is 0.443. The topological polar surface area (TPSA) is 88.2 Å². The zero-order valence-corrected chi connectivity index (χ0v) is 10.8. The molecular weight excluding hydrogens is 248 g/mol. The third-order valence-electron chi connectivity index (χ3n) is 3.08. The molecule has 0 aromatic carbocycles. The molecule has 0 spiro atoms. The largest absolute Gasteiger partial charge is 0.494 e. The molecule has 0 saturated heterocycles. The van der Waals surface area contributed by atoms with E-state index in [0.717, 1.165) is 0 Å². The number of hydrogen-bond acceptors (Lipinski definition) is 4. The summed E-state index contributed by atoms with van der Waals surface area (Å²) in [4.78, 5) is 25.6. The Hall–Kier alpha value is -2.24. The standard InChI is InChI=1S/C13H16N2O4/c1-3-10-11(16)14-13(18)15(12(10)17)8(2)7-9-5-4-6-19-9/h4-6,8,17H,3,7H2,1-2H3,(H,14,16,18). The van der Waals surface area contributed by atoms with Gasteiger partial charge in [-0.3, -0.25) is 14.3 Å². The van der Waals surface area contributed by atoms with Crippen molar-refractivity contribution in [3.05, 3.63) is 50.6 Å². The normalized spacial score (nSPS) is 12.5. The van der Waals surface area contributed by atoms with Crippen LogP contribution in [-0.2, 0) is 12.8 Å². The van der Waals surface area contributed by atoms with Gasteiger partial charge in [0.25, 0.3) is 5.56 Å². The van der Waals surface area contributed by atoms with E-state index in [2.05, 4.69) is 4.98 Å². The van der Waals surface area contributed by atoms with E-state index >= 15 is 0 Å². The van der Waals surface area contributed by atoms with Crippen molar-refractivity contribution in [3.8, 4) is 5.88 Å². The fourth-order valence-electron chi connectivity index (χ4n) is 2.11. The number of nitrogens with zero attached hydrogens (tertiary/aromatic N) is 1. The summed E-state index contributed by atoms with van der Waals surface area (Å²) in [5.41, 5.74) is -0.934. The van der Waals surface area contributed by atoms with Crippen LogP contribution in [0, 0.1) is 0 Å². The van der Waals surface area contributed by atoms with Crippen molar-refractivity contribution in [2.45, 2.75) is 32.7 Å². The highest BCUT2D eigenvalue weighted by Crippen LogP contribution is 2.19. The van der Waals surface area contributed by atoms with Crippen molar-refractivity contribution in [1.82, 2.24) is 9.55 Å². The van der Waals surface area contributed by atoms with Crippen LogP contribution in [0.15, 0.2) is 32.4 Å². The van der Waals surface area contributed by atoms with Gasteiger partial charge in [0.15, 0.2) is 0 Å². The van der Waals surface area contributed by atoms with Crippen LogP contribution in [0.2, 0.25) is 0 Å². The Morgan fingerprint density at radius 2 is 2.21 bits per heavy atom. The van der Waals surface area contributed by atoms with Crippen molar-refractivity contribution in [3.63, 3.8) is 0 Å². The SMILES string of the molecule is CCc1c(O)n(C(C)Cc2ccco2)c(=O)[nH]c1=O. The van der Waals surface area contributed by atoms with Crippen LogP contribution >= 0.6 is 0 Å². The minimum atomic E-state index is -0.612. The number of aromatic amines is 1. The summed E-state index contributed by atoms with van der Waals surface area (Å²) in [5, 5.41) is 10.1. The van der Waals surface area contributed by atoms with Gasteiger partial charge in [-0.05, 0) is 25.5 Å². The van der Waals surface area contributed by atoms with E-state index in [0.29, 0.717) is 18.6 Å². The highest BCUT2D eigenvalue weighted by Gasteiger charge is 2.18. The summed E-state index contributed by atoms with van der Waals surface area (Å²) in [7, 11) is 0. The van der Waals surface area contributed by atoms with Crippen LogP contribution in [0.3, 0.4) is 0 Å². The van der Waals surface area contributed by atoms with Crippen molar-refractivity contribution in [1.29, 1.82) is 0 Å². The van der Waals surface area contributed by atoms with E-state index in [1.807, 2.05) is 0 Å². The third kappa shape index (κ3) is 2.47. The lowest BCUT2D eigenvalue weighted by Crippen LogP contribution is -2.34. The lowest BCUT2D eigenvalue weighted by Gasteiger charge is -2.16. The summed E-state index contributed by atoms with van der Waals surface area (Å²) < 4.78 is 6.40. The Labute approximate surface area is 109 Å². The van der Waals surface area contributed by atoms with Crippen LogP contribution in [0.4, 0.5) is 0 Å². The van der Waals surface area contributed by atoms with Gasteiger partial charge in [-0.1, -0.05) is 6.92 Å². The van der Waals surface area contributed by atoms with Crippen LogP contribution in [0.5, 0.6) is 5.88 Å². The molecule has 1 unspecified atom stereocenters. The Morgan fingerprint density at radius 1 is 1.47 bits per heavy atom. The smallest absolute Gasteiger partial charge is 0.331 e. The van der Waals surface area contributed by atoms with E-state index < -0.39 is 11.2 Å². The van der Waals surface area contributed by atoms with Crippen molar-refractivity contribution >= 4 is 0 Å². The van der Waals surface area contributed by atoms with Gasteiger partial charge in [-0.2, -0.15) is 0 Å². The fraction of sp³-hybridized carbons (Fsp3) is 0.385. The molecule has 0 aliphatic carbocycles. The molecule has 0 aliphatic heterocycles. The first-order chi connectivity index (χ1) is 9.04. The molecule has 6 nitrogen and oxygen atoms in total. The van der Waals surface area contributed by atoms with Gasteiger partial charge in [0.05, 0.1) is 11.8 Å². The molecule has 2 aromatic rings. The number of H-pyrrole nitrogens is 1. The second-order valence-corrected chi connectivity index (χ2v) is 4.42. The molecule has 6 heteroatoms. The zero-order chi connectivity index (χ0) is 14.0. The van der Waals surface area contributed by atoms with Crippen LogP contribution in [-0.4, -0.2) is 14.7 Å². The molecule has 0 amide bonds. The van der Waals surface area contributed by atoms with Crippen LogP contribution in [0.25, 0.3) is 0 Å². The van der Waals surface area contributed by atoms with Crippen molar-refractivity contribution in [2.75, 3.05) is 0 Å². The number of aromatic hydroxyl groups is 1. The number of rotatable bonds is 4. The molecule has 2 heterocycles. The van der Waals surface area contributed by atoms with E-state index in [1.54, 1.807) is 32.2 Å². The molecule has 0 saturated carbocycles. The third-order valence-corrected chi connectivity index (χ3v) is 3.08. The van der Waals surface area contributed by atoms with E-state index in [9.17, 15) is 14.7 Å². The molecule has 0 radical (unpaired) electrons. The Morgan fingerprint density at radius 3 is 2.79 bits per heavy atom. The van der Waals surface area contributed by atoms with Gasteiger partial charge >= 0.3 is 5.69 Å². The van der Waals surface area contributed by atoms with E-state index in [1.165, 1.54) is 4.57 Å². The second kappa shape index (κ2) is 5.17. The molecule has 1 atom stereocenters. The Balaban J connectivity index is 2.44. The quantitative estimate of drug-likeness (QED) is 0.868. The van der Waals surface area contributed by atoms with Crippen LogP contribution < -0.4 is 11.2 Å². The molecular formula is C13H16N2O4. The maximum absolute atomic E-state index is 11.8. The van der Waals surface area contributed by atoms with Gasteiger partial charge in [0.2, 0.25) is 5.88 Å². The summed E-state index contributed by atoms with van der Waals surface area (Å²) in [6.45, 7) is 3.53. The lowest BCUT2D eigenvalue weighted by atomic mass is 10.1. The highest BCUT2D eigenvalue weighted by molar-refractivity contribution is 5.23. The van der Waals surface area contributed by atoms with Crippen molar-refractivity contribution < 1.29 is 9.52 Å². The first-order valence-electron chi connectivity index (χ1n) is 6.13. The minimum absolute atomic E-state index is 0.214. The van der Waals surface area contributed by atoms with Gasteiger partial charge in [-0.15, -0.1) is 0 Å². The number of hydrogen-bond donors (Lipinski definition) is 2. The zero-order valence-electron chi connectivity index (χ0n) is 10.8. The lowest BCUT2D eigenvalue weighted by molar-refractivity contribution is 0.353. The predicted octanol–water partition coefficient (Wildman–Crippen LogP) is 1.20. The fourth-order valence-corrected chi connectivity index (χ4v) is 2.11. The second-order valence-electron chi connectivity index (χ2n) is 4.42. The average molecular weight is 264 g/mol. The number of nitrogens with one attached hydrogen (secondary N) is 1. The maximum atomic E-state index is 11.8. The van der Waals surface area contributed by atoms with Gasteiger partial charge in [0, 0.05) is 12.5 Å². The summed E-state index contributed by atoms with van der Waals surface area (Å²) in [6, 6.07) is 3.24. The predicted molar refractivity (Wildman–Crippen MR) is 69.5 cm³/mol. The molecule has 19 heavy (non-hydrogen) atoms. The monoisotopic (exact) mass is 264 g/mol. The summed E-state index contributed by atoms with van der Waals surface area (Å²) >= 11 is 0. The average Bonchev–Trinajstić information content (AvgIpc) is 2.81. The van der Waals surface area contributed by atoms with Gasteiger partial charge in [0.1, 0.15) is 5.76 Å². The molecule has 2 rings (SSSR count). The number of furan rings is 1. The van der Waals surface area contributed by atoms with Crippen molar-refractivity contribution in [2.24, 2.45) is 0 Å². The molecule has 2 aromatic heterocycles. The first kappa shape index (κ1) is 13.2. The molecule has 2 N–H and O–H groups in total. The maximum Gasteiger partial charge on any atom is 0.331 e. The minimum Gasteiger partial charge on any atom is -0.494 e. The van der Waals surface area contributed by atoms with E-state index in [4.69, 9.17) is 4.42 Å². The highest BCUT2D eigenvalue weighted by atomic mass is 16.3. The molecule has 0 aliphatic rings. The Bertz CT molecular complexity index is 667. The van der Waals surface area contributed by atoms with Gasteiger partial charge in [-0.25, -0.2) is 4.79 Å². The molecule has 102 valence electrons. The molecule has 0 bridgehead atoms. The van der Waals surface area contributed by atoms with Gasteiger partial charge < -0.3 is 9.52 Å². The molecule has 0 fully saturated rings. The van der Waals surface area contributed by atoms with Crippen LogP contribution in [0.1, 0.15) is 31.2 Å². The number of aromatic nitrogens is 2.